The van der Waals surface area contributed by atoms with Gasteiger partial charge in [0.25, 0.3) is 5.92 Å². The Balaban J connectivity index is 2.01. The van der Waals surface area contributed by atoms with Crippen molar-refractivity contribution in [2.24, 2.45) is 0 Å². The van der Waals surface area contributed by atoms with Gasteiger partial charge in [-0.25, -0.2) is 18.7 Å². The van der Waals surface area contributed by atoms with Gasteiger partial charge in [0, 0.05) is 25.9 Å². The van der Waals surface area contributed by atoms with Gasteiger partial charge in [0.05, 0.1) is 12.4 Å². The van der Waals surface area contributed by atoms with E-state index in [1.807, 2.05) is 0 Å². The van der Waals surface area contributed by atoms with Crippen LogP contribution in [0, 0.1) is 5.95 Å². The van der Waals surface area contributed by atoms with Gasteiger partial charge in [-0.15, -0.1) is 0 Å². The predicted molar refractivity (Wildman–Crippen MR) is 64.3 cm³/mol. The molecule has 0 radical (unpaired) electrons. The van der Waals surface area contributed by atoms with Crippen LogP contribution in [0.5, 0.6) is 0 Å². The maximum atomic E-state index is 13.5. The fourth-order valence-corrected chi connectivity index (χ4v) is 2.35. The zero-order chi connectivity index (χ0) is 13.6. The average Bonchev–Trinajstić information content (AvgIpc) is 2.71. The van der Waals surface area contributed by atoms with E-state index in [4.69, 9.17) is 11.6 Å². The van der Waals surface area contributed by atoms with Gasteiger partial charge in [-0.1, -0.05) is 11.6 Å². The summed E-state index contributed by atoms with van der Waals surface area (Å²) in [5.41, 5.74) is 0.284. The van der Waals surface area contributed by atoms with E-state index in [9.17, 15) is 13.2 Å². The number of fused-ring (bicyclic) bond motifs is 1. The van der Waals surface area contributed by atoms with Gasteiger partial charge in [-0.3, -0.25) is 4.40 Å². The zero-order valence-electron chi connectivity index (χ0n) is 9.78. The molecule has 0 amide bonds. The third kappa shape index (κ3) is 2.22. The van der Waals surface area contributed by atoms with Crippen molar-refractivity contribution in [3.63, 3.8) is 0 Å². The molecule has 1 saturated heterocycles. The van der Waals surface area contributed by atoms with Crippen LogP contribution >= 0.6 is 11.6 Å². The summed E-state index contributed by atoms with van der Waals surface area (Å²) >= 11 is 5.83. The van der Waals surface area contributed by atoms with Crippen LogP contribution in [0.2, 0.25) is 5.15 Å². The summed E-state index contributed by atoms with van der Waals surface area (Å²) < 4.78 is 40.9. The second-order valence-corrected chi connectivity index (χ2v) is 4.89. The van der Waals surface area contributed by atoms with E-state index in [1.54, 1.807) is 4.90 Å². The first kappa shape index (κ1) is 12.5. The molecule has 0 bridgehead atoms. The fourth-order valence-electron chi connectivity index (χ4n) is 2.17. The second-order valence-electron chi connectivity index (χ2n) is 4.50. The Morgan fingerprint density at radius 1 is 1.26 bits per heavy atom. The maximum Gasteiger partial charge on any atom is 0.251 e. The van der Waals surface area contributed by atoms with Gasteiger partial charge in [0.15, 0.2) is 11.5 Å². The molecule has 102 valence electrons. The van der Waals surface area contributed by atoms with Crippen LogP contribution in [0.3, 0.4) is 0 Å². The molecule has 3 rings (SSSR count). The van der Waals surface area contributed by atoms with Crippen LogP contribution in [-0.2, 0) is 0 Å². The maximum absolute atomic E-state index is 13.5. The molecule has 1 aliphatic heterocycles. The summed E-state index contributed by atoms with van der Waals surface area (Å²) in [6.07, 6.45) is 1.85. The molecule has 0 spiro atoms. The monoisotopic (exact) mass is 290 g/mol. The molecular weight excluding hydrogens is 281 g/mol. The third-order valence-corrected chi connectivity index (χ3v) is 3.38. The number of anilines is 1. The Kier molecular flexibility index (Phi) is 2.81. The first-order valence-corrected chi connectivity index (χ1v) is 6.16. The van der Waals surface area contributed by atoms with Crippen molar-refractivity contribution in [3.05, 3.63) is 23.5 Å². The van der Waals surface area contributed by atoms with Crippen molar-refractivity contribution in [3.8, 4) is 0 Å². The van der Waals surface area contributed by atoms with Gasteiger partial charge < -0.3 is 4.90 Å². The van der Waals surface area contributed by atoms with E-state index in [0.29, 0.717) is 5.82 Å². The number of halogens is 4. The SMILES string of the molecule is Fc1cnc2c(N3CCC(F)(F)CC3)nc(Cl)cn12. The number of alkyl halides is 2. The van der Waals surface area contributed by atoms with Crippen molar-refractivity contribution in [2.45, 2.75) is 18.8 Å². The quantitative estimate of drug-likeness (QED) is 0.810. The van der Waals surface area contributed by atoms with E-state index < -0.39 is 11.9 Å². The molecule has 1 aliphatic rings. The zero-order valence-corrected chi connectivity index (χ0v) is 10.5. The molecule has 4 nitrogen and oxygen atoms in total. The smallest absolute Gasteiger partial charge is 0.251 e. The van der Waals surface area contributed by atoms with Crippen molar-refractivity contribution < 1.29 is 13.2 Å². The number of imidazole rings is 1. The lowest BCUT2D eigenvalue weighted by Gasteiger charge is -2.32. The lowest BCUT2D eigenvalue weighted by Crippen LogP contribution is -2.40. The molecule has 2 aromatic rings. The molecule has 0 unspecified atom stereocenters. The molecular formula is C11H10ClF3N4. The Morgan fingerprint density at radius 3 is 2.63 bits per heavy atom. The first-order valence-electron chi connectivity index (χ1n) is 5.78. The molecule has 0 aliphatic carbocycles. The topological polar surface area (TPSA) is 33.4 Å². The number of hydrogen-bond donors (Lipinski definition) is 0. The van der Waals surface area contributed by atoms with Crippen molar-refractivity contribution in [1.82, 2.24) is 14.4 Å². The summed E-state index contributed by atoms with van der Waals surface area (Å²) in [5.74, 6) is -2.87. The lowest BCUT2D eigenvalue weighted by atomic mass is 10.1. The summed E-state index contributed by atoms with van der Waals surface area (Å²) in [6.45, 7) is 0.287. The van der Waals surface area contributed by atoms with Crippen molar-refractivity contribution in [2.75, 3.05) is 18.0 Å². The van der Waals surface area contributed by atoms with Crippen LogP contribution in [0.4, 0.5) is 19.0 Å². The van der Waals surface area contributed by atoms with E-state index in [2.05, 4.69) is 9.97 Å². The molecule has 2 aromatic heterocycles. The van der Waals surface area contributed by atoms with Crippen LogP contribution in [0.25, 0.3) is 5.65 Å². The standard InChI is InChI=1S/C11H10ClF3N4/c12-7-6-19-8(13)5-16-9(19)10(17-7)18-3-1-11(14,15)2-4-18/h5-6H,1-4H2. The number of nitrogens with zero attached hydrogens (tertiary/aromatic N) is 4. The highest BCUT2D eigenvalue weighted by Gasteiger charge is 2.35. The number of hydrogen-bond acceptors (Lipinski definition) is 3. The average molecular weight is 291 g/mol. The summed E-state index contributed by atoms with van der Waals surface area (Å²) in [5, 5.41) is 0.0942. The molecule has 1 fully saturated rings. The Bertz CT molecular complexity index is 618. The minimum atomic E-state index is -2.65. The van der Waals surface area contributed by atoms with E-state index in [-0.39, 0.29) is 36.7 Å². The van der Waals surface area contributed by atoms with Crippen molar-refractivity contribution in [1.29, 1.82) is 0 Å². The molecule has 0 atom stereocenters. The Hall–Kier alpha value is -1.50. The Morgan fingerprint density at radius 2 is 1.95 bits per heavy atom. The number of piperidine rings is 1. The van der Waals surface area contributed by atoms with Gasteiger partial charge in [0.2, 0.25) is 5.95 Å². The first-order chi connectivity index (χ1) is 8.96. The summed E-state index contributed by atoms with van der Waals surface area (Å²) in [6, 6.07) is 0. The largest absolute Gasteiger partial charge is 0.353 e. The molecule has 19 heavy (non-hydrogen) atoms. The predicted octanol–water partition coefficient (Wildman–Crippen LogP) is 2.76. The van der Waals surface area contributed by atoms with Crippen LogP contribution in [0.15, 0.2) is 12.4 Å². The fraction of sp³-hybridized carbons (Fsp3) is 0.455. The molecule has 0 N–H and O–H groups in total. The number of rotatable bonds is 1. The minimum absolute atomic E-state index is 0.0942. The second kappa shape index (κ2) is 4.26. The third-order valence-electron chi connectivity index (χ3n) is 3.19. The van der Waals surface area contributed by atoms with Gasteiger partial charge in [0.1, 0.15) is 5.15 Å². The molecule has 8 heteroatoms. The Labute approximate surface area is 111 Å². The van der Waals surface area contributed by atoms with E-state index in [0.717, 1.165) is 10.6 Å². The van der Waals surface area contributed by atoms with E-state index >= 15 is 0 Å². The highest BCUT2D eigenvalue weighted by molar-refractivity contribution is 6.29. The van der Waals surface area contributed by atoms with Crippen LogP contribution in [0.1, 0.15) is 12.8 Å². The minimum Gasteiger partial charge on any atom is -0.353 e. The van der Waals surface area contributed by atoms with Gasteiger partial charge in [-0.2, -0.15) is 4.39 Å². The van der Waals surface area contributed by atoms with Gasteiger partial charge >= 0.3 is 0 Å². The lowest BCUT2D eigenvalue weighted by molar-refractivity contribution is -0.0221. The summed E-state index contributed by atoms with van der Waals surface area (Å²) in [4.78, 5) is 9.65. The number of aromatic nitrogens is 3. The highest BCUT2D eigenvalue weighted by atomic mass is 35.5. The normalized spacial score (nSPS) is 19.1. The van der Waals surface area contributed by atoms with Crippen molar-refractivity contribution >= 4 is 23.1 Å². The van der Waals surface area contributed by atoms with Gasteiger partial charge in [-0.05, 0) is 0 Å². The summed E-state index contributed by atoms with van der Waals surface area (Å²) in [7, 11) is 0. The van der Waals surface area contributed by atoms with E-state index in [1.165, 1.54) is 6.20 Å². The van der Waals surface area contributed by atoms with Crippen LogP contribution < -0.4 is 4.90 Å². The molecule has 0 aromatic carbocycles. The molecule has 0 saturated carbocycles. The van der Waals surface area contributed by atoms with Crippen LogP contribution in [-0.4, -0.2) is 33.4 Å². The highest BCUT2D eigenvalue weighted by Crippen LogP contribution is 2.31. The molecule has 3 heterocycles.